The Hall–Kier alpha value is -3.34. The Morgan fingerprint density at radius 3 is 2.50 bits per heavy atom. The number of aryl methyl sites for hydroxylation is 1. The van der Waals surface area contributed by atoms with Crippen molar-refractivity contribution in [2.75, 3.05) is 7.11 Å². The summed E-state index contributed by atoms with van der Waals surface area (Å²) in [6, 6.07) is 15.0. The summed E-state index contributed by atoms with van der Waals surface area (Å²) in [7, 11) is 3.48. The summed E-state index contributed by atoms with van der Waals surface area (Å²) in [5.41, 5.74) is 4.43. The normalized spacial score (nSPS) is 15.0. The minimum absolute atomic E-state index is 0.0159. The lowest BCUT2D eigenvalue weighted by Gasteiger charge is -2.18. The van der Waals surface area contributed by atoms with Gasteiger partial charge in [0.05, 0.1) is 18.4 Å². The van der Waals surface area contributed by atoms with Gasteiger partial charge in [0.15, 0.2) is 5.78 Å². The molecule has 1 aromatic heterocycles. The molecule has 0 fully saturated rings. The molecule has 0 N–H and O–H groups in total. The van der Waals surface area contributed by atoms with Crippen LogP contribution in [-0.2, 0) is 13.5 Å². The molecule has 1 aliphatic carbocycles. The molecule has 0 atom stereocenters. The Labute approximate surface area is 163 Å². The molecule has 0 bridgehead atoms. The second kappa shape index (κ2) is 7.00. The quantitative estimate of drug-likeness (QED) is 0.657. The second-order valence-electron chi connectivity index (χ2n) is 7.00. The van der Waals surface area contributed by atoms with Crippen LogP contribution in [0, 0.1) is 6.92 Å². The maximum absolute atomic E-state index is 13.1. The van der Waals surface area contributed by atoms with E-state index in [1.54, 1.807) is 23.9 Å². The van der Waals surface area contributed by atoms with Gasteiger partial charge in [0.25, 0.3) is 5.56 Å². The van der Waals surface area contributed by atoms with Crippen LogP contribution >= 0.6 is 0 Å². The predicted molar refractivity (Wildman–Crippen MR) is 109 cm³/mol. The number of methoxy groups -OCH3 is 1. The first-order valence-corrected chi connectivity index (χ1v) is 9.27. The smallest absolute Gasteiger partial charge is 0.278 e. The van der Waals surface area contributed by atoms with Crippen molar-refractivity contribution < 1.29 is 9.53 Å². The van der Waals surface area contributed by atoms with Crippen LogP contribution in [0.25, 0.3) is 11.8 Å². The van der Waals surface area contributed by atoms with E-state index in [9.17, 15) is 9.59 Å². The lowest BCUT2D eigenvalue weighted by Crippen LogP contribution is -2.20. The summed E-state index contributed by atoms with van der Waals surface area (Å²) in [4.78, 5) is 26.1. The summed E-state index contributed by atoms with van der Waals surface area (Å²) in [6.45, 7) is 1.90. The molecule has 5 heteroatoms. The van der Waals surface area contributed by atoms with Gasteiger partial charge in [-0.15, -0.1) is 0 Å². The number of allylic oxidation sites excluding steroid dienone is 1. The number of benzene rings is 2. The number of para-hydroxylation sites is 1. The van der Waals surface area contributed by atoms with Crippen molar-refractivity contribution >= 4 is 11.9 Å². The van der Waals surface area contributed by atoms with Crippen molar-refractivity contribution in [1.82, 2.24) is 9.36 Å². The standard InChI is InChI=1S/C23H22N2O3/c1-15-21(23(27)25(24(15)2)18-7-5-4-6-8-18)14-17-10-9-16-13-19(28-3)11-12-20(16)22(17)26/h4-8,11-14H,9-10H2,1-3H3/b17-14+. The molecule has 0 aliphatic heterocycles. The van der Waals surface area contributed by atoms with E-state index in [1.165, 1.54) is 0 Å². The van der Waals surface area contributed by atoms with E-state index in [2.05, 4.69) is 0 Å². The lowest BCUT2D eigenvalue weighted by atomic mass is 9.86. The van der Waals surface area contributed by atoms with E-state index in [4.69, 9.17) is 4.74 Å². The van der Waals surface area contributed by atoms with Crippen LogP contribution in [0.15, 0.2) is 58.9 Å². The highest BCUT2D eigenvalue weighted by atomic mass is 16.5. The molecule has 2 aromatic carbocycles. The fraction of sp³-hybridized carbons (Fsp3) is 0.217. The summed E-state index contributed by atoms with van der Waals surface area (Å²) in [6.07, 6.45) is 3.13. The van der Waals surface area contributed by atoms with Crippen molar-refractivity contribution in [2.45, 2.75) is 19.8 Å². The summed E-state index contributed by atoms with van der Waals surface area (Å²) >= 11 is 0. The molecule has 1 aliphatic rings. The van der Waals surface area contributed by atoms with Crippen molar-refractivity contribution in [3.05, 3.63) is 86.8 Å². The van der Waals surface area contributed by atoms with Crippen molar-refractivity contribution in [3.8, 4) is 11.4 Å². The number of Topliss-reactive ketones (excluding diaryl/α,β-unsaturated/α-hetero) is 1. The largest absolute Gasteiger partial charge is 0.497 e. The van der Waals surface area contributed by atoms with Crippen LogP contribution in [-0.4, -0.2) is 22.3 Å². The molecule has 0 spiro atoms. The van der Waals surface area contributed by atoms with Crippen LogP contribution in [0.1, 0.15) is 33.6 Å². The monoisotopic (exact) mass is 374 g/mol. The number of fused-ring (bicyclic) bond motifs is 1. The Bertz CT molecular complexity index is 1150. The van der Waals surface area contributed by atoms with Crippen LogP contribution in [0.4, 0.5) is 0 Å². The first-order valence-electron chi connectivity index (χ1n) is 9.27. The third kappa shape index (κ3) is 2.89. The number of ketones is 1. The van der Waals surface area contributed by atoms with Crippen molar-refractivity contribution in [1.29, 1.82) is 0 Å². The maximum Gasteiger partial charge on any atom is 0.278 e. The second-order valence-corrected chi connectivity index (χ2v) is 7.00. The van der Waals surface area contributed by atoms with Crippen LogP contribution < -0.4 is 10.3 Å². The zero-order valence-electron chi connectivity index (χ0n) is 16.2. The van der Waals surface area contributed by atoms with E-state index < -0.39 is 0 Å². The molecule has 0 radical (unpaired) electrons. The van der Waals surface area contributed by atoms with Crippen molar-refractivity contribution in [2.24, 2.45) is 7.05 Å². The van der Waals surface area contributed by atoms with Gasteiger partial charge in [0, 0.05) is 23.9 Å². The zero-order chi connectivity index (χ0) is 19.8. The number of aromatic nitrogens is 2. The van der Waals surface area contributed by atoms with Crippen LogP contribution in [0.2, 0.25) is 0 Å². The molecular formula is C23H22N2O3. The molecule has 28 heavy (non-hydrogen) atoms. The van der Waals surface area contributed by atoms with Crippen molar-refractivity contribution in [3.63, 3.8) is 0 Å². The zero-order valence-corrected chi connectivity index (χ0v) is 16.2. The fourth-order valence-electron chi connectivity index (χ4n) is 3.75. The lowest BCUT2D eigenvalue weighted by molar-refractivity contribution is 0.102. The van der Waals surface area contributed by atoms with Gasteiger partial charge >= 0.3 is 0 Å². The molecule has 4 rings (SSSR count). The maximum atomic E-state index is 13.1. The van der Waals surface area contributed by atoms with Gasteiger partial charge in [-0.1, -0.05) is 18.2 Å². The molecule has 0 saturated carbocycles. The number of rotatable bonds is 3. The van der Waals surface area contributed by atoms with E-state index in [-0.39, 0.29) is 11.3 Å². The predicted octanol–water partition coefficient (Wildman–Crippen LogP) is 3.71. The Morgan fingerprint density at radius 1 is 1.04 bits per heavy atom. The average molecular weight is 374 g/mol. The van der Waals surface area contributed by atoms with Gasteiger partial charge in [-0.3, -0.25) is 14.3 Å². The Balaban J connectivity index is 1.78. The van der Waals surface area contributed by atoms with Gasteiger partial charge in [-0.25, -0.2) is 4.68 Å². The topological polar surface area (TPSA) is 53.2 Å². The Kier molecular flexibility index (Phi) is 4.51. The van der Waals surface area contributed by atoms with Gasteiger partial charge in [-0.05, 0) is 61.7 Å². The van der Waals surface area contributed by atoms with Gasteiger partial charge in [0.1, 0.15) is 5.75 Å². The highest BCUT2D eigenvalue weighted by Gasteiger charge is 2.24. The average Bonchev–Trinajstić information content (AvgIpc) is 2.93. The minimum Gasteiger partial charge on any atom is -0.497 e. The third-order valence-electron chi connectivity index (χ3n) is 5.43. The SMILES string of the molecule is COc1ccc2c(c1)CC/C(=C\c1c(C)n(C)n(-c3ccccc3)c1=O)C2=O. The van der Waals surface area contributed by atoms with E-state index >= 15 is 0 Å². The number of nitrogens with zero attached hydrogens (tertiary/aromatic N) is 2. The highest BCUT2D eigenvalue weighted by Crippen LogP contribution is 2.29. The minimum atomic E-state index is -0.118. The summed E-state index contributed by atoms with van der Waals surface area (Å²) in [5, 5.41) is 0. The number of carbonyl (C=O) groups is 1. The fourth-order valence-corrected chi connectivity index (χ4v) is 3.75. The molecule has 0 unspecified atom stereocenters. The molecule has 3 aromatic rings. The van der Waals surface area contributed by atoms with Crippen LogP contribution in [0.3, 0.4) is 0 Å². The summed E-state index contributed by atoms with van der Waals surface area (Å²) in [5.74, 6) is 0.737. The number of ether oxygens (including phenoxy) is 1. The molecule has 5 nitrogen and oxygen atoms in total. The van der Waals surface area contributed by atoms with Gasteiger partial charge in [-0.2, -0.15) is 0 Å². The van der Waals surface area contributed by atoms with E-state index in [0.717, 1.165) is 29.1 Å². The van der Waals surface area contributed by atoms with Crippen LogP contribution in [0.5, 0.6) is 5.75 Å². The van der Waals surface area contributed by atoms with E-state index in [0.29, 0.717) is 23.1 Å². The Morgan fingerprint density at radius 2 is 1.79 bits per heavy atom. The van der Waals surface area contributed by atoms with Gasteiger partial charge < -0.3 is 4.74 Å². The molecular weight excluding hydrogens is 352 g/mol. The third-order valence-corrected chi connectivity index (χ3v) is 5.43. The first-order chi connectivity index (χ1) is 13.5. The van der Waals surface area contributed by atoms with Gasteiger partial charge in [0.2, 0.25) is 0 Å². The van der Waals surface area contributed by atoms with E-state index in [1.807, 2.05) is 61.1 Å². The molecule has 142 valence electrons. The highest BCUT2D eigenvalue weighted by molar-refractivity contribution is 6.13. The first kappa shape index (κ1) is 18.0. The molecule has 0 saturated heterocycles. The summed E-state index contributed by atoms with van der Waals surface area (Å²) < 4.78 is 8.72. The number of hydrogen-bond donors (Lipinski definition) is 0. The molecule has 0 amide bonds. The number of hydrogen-bond acceptors (Lipinski definition) is 3. The number of carbonyl (C=O) groups excluding carboxylic acids is 1. The molecule has 1 heterocycles.